The maximum absolute atomic E-state index is 13.9. The number of fused-ring (bicyclic) bond motifs is 2. The number of methoxy groups -OCH3 is 1. The molecule has 1 aromatic heterocycles. The molecule has 7 nitrogen and oxygen atoms in total. The lowest BCUT2D eigenvalue weighted by Gasteiger charge is -2.41. The third-order valence-corrected chi connectivity index (χ3v) is 10.6. The summed E-state index contributed by atoms with van der Waals surface area (Å²) < 4.78 is 4.89. The molecular weight excluding hydrogens is 486 g/mol. The van der Waals surface area contributed by atoms with Gasteiger partial charge in [0.15, 0.2) is 0 Å². The molecule has 4 fully saturated rings. The minimum absolute atomic E-state index is 0.0505. The zero-order valence-corrected chi connectivity index (χ0v) is 23.5. The molecule has 3 bridgehead atoms. The summed E-state index contributed by atoms with van der Waals surface area (Å²) in [5.74, 6) is 3.58. The van der Waals surface area contributed by atoms with Crippen LogP contribution in [0.25, 0.3) is 0 Å². The highest BCUT2D eigenvalue weighted by Crippen LogP contribution is 2.56. The van der Waals surface area contributed by atoms with Gasteiger partial charge in [-0.25, -0.2) is 4.98 Å². The van der Waals surface area contributed by atoms with Gasteiger partial charge in [0.05, 0.1) is 18.3 Å². The molecule has 37 heavy (non-hydrogen) atoms. The molecular formula is C29H43N3O4S. The first-order valence-corrected chi connectivity index (χ1v) is 15.2. The highest BCUT2D eigenvalue weighted by Gasteiger charge is 2.53. The average molecular weight is 530 g/mol. The van der Waals surface area contributed by atoms with Crippen molar-refractivity contribution in [1.29, 1.82) is 0 Å². The van der Waals surface area contributed by atoms with Gasteiger partial charge in [0.1, 0.15) is 10.8 Å². The molecule has 3 aliphatic carbocycles. The van der Waals surface area contributed by atoms with Gasteiger partial charge in [-0.2, -0.15) is 0 Å². The smallest absolute Gasteiger partial charge is 0.305 e. The monoisotopic (exact) mass is 529 g/mol. The molecule has 1 aliphatic heterocycles. The quantitative estimate of drug-likeness (QED) is 0.384. The standard InChI is InChI=1S/C29H43N3O4S/c1-4-12-37-27-23(8-10-25(30-27)32-11-5-6-19(18-32)13-26(33)36-3)28(34)31(2)24-9-7-20-15-29(35)16-21(20)14-22(24)17-29/h8,10,19-22,24,35H,4-7,9,11-18H2,1-3H3/t19-,20?,21?,22?,24+,29+/m0/s1. The Labute approximate surface area is 225 Å². The van der Waals surface area contributed by atoms with Gasteiger partial charge in [-0.1, -0.05) is 6.92 Å². The third kappa shape index (κ3) is 5.65. The van der Waals surface area contributed by atoms with Crippen LogP contribution in [-0.4, -0.2) is 71.5 Å². The molecule has 4 aliphatic rings. The Morgan fingerprint density at radius 3 is 2.76 bits per heavy atom. The number of rotatable bonds is 8. The molecule has 2 heterocycles. The van der Waals surface area contributed by atoms with Crippen LogP contribution in [-0.2, 0) is 9.53 Å². The molecule has 204 valence electrons. The number of aromatic nitrogens is 1. The summed E-state index contributed by atoms with van der Waals surface area (Å²) in [6.07, 6.45) is 9.51. The number of hydrogen-bond donors (Lipinski definition) is 1. The summed E-state index contributed by atoms with van der Waals surface area (Å²) in [6.45, 7) is 3.83. The van der Waals surface area contributed by atoms with Crippen LogP contribution < -0.4 is 4.90 Å². The molecule has 1 aromatic rings. The topological polar surface area (TPSA) is 83.0 Å². The van der Waals surface area contributed by atoms with Crippen LogP contribution in [0.2, 0.25) is 0 Å². The number of ether oxygens (including phenoxy) is 1. The van der Waals surface area contributed by atoms with E-state index in [1.54, 1.807) is 11.8 Å². The van der Waals surface area contributed by atoms with E-state index >= 15 is 0 Å². The van der Waals surface area contributed by atoms with E-state index in [0.29, 0.717) is 29.7 Å². The summed E-state index contributed by atoms with van der Waals surface area (Å²) in [5.41, 5.74) is 0.181. The van der Waals surface area contributed by atoms with Gasteiger partial charge in [-0.05, 0) is 99.3 Å². The zero-order chi connectivity index (χ0) is 26.2. The van der Waals surface area contributed by atoms with E-state index in [2.05, 4.69) is 11.8 Å². The van der Waals surface area contributed by atoms with Gasteiger partial charge in [-0.3, -0.25) is 9.59 Å². The van der Waals surface area contributed by atoms with Crippen molar-refractivity contribution in [2.75, 3.05) is 37.9 Å². The highest BCUT2D eigenvalue weighted by atomic mass is 32.2. The second-order valence-corrected chi connectivity index (χ2v) is 13.1. The first-order valence-electron chi connectivity index (χ1n) is 14.3. The van der Waals surface area contributed by atoms with Crippen LogP contribution in [0.5, 0.6) is 0 Å². The lowest BCUT2D eigenvalue weighted by molar-refractivity contribution is -0.141. The van der Waals surface area contributed by atoms with Gasteiger partial charge in [-0.15, -0.1) is 11.8 Å². The molecule has 1 saturated heterocycles. The van der Waals surface area contributed by atoms with Gasteiger partial charge < -0.3 is 19.6 Å². The van der Waals surface area contributed by atoms with Gasteiger partial charge >= 0.3 is 5.97 Å². The molecule has 1 amide bonds. The molecule has 5 rings (SSSR count). The molecule has 6 atom stereocenters. The molecule has 3 saturated carbocycles. The van der Waals surface area contributed by atoms with Crippen LogP contribution in [0.4, 0.5) is 5.82 Å². The maximum Gasteiger partial charge on any atom is 0.305 e. The average Bonchev–Trinajstić information content (AvgIpc) is 3.05. The van der Waals surface area contributed by atoms with E-state index in [9.17, 15) is 14.7 Å². The number of piperidine rings is 1. The number of esters is 1. The second-order valence-electron chi connectivity index (χ2n) is 12.0. The Bertz CT molecular complexity index is 1010. The summed E-state index contributed by atoms with van der Waals surface area (Å²) in [4.78, 5) is 35.0. The first kappa shape index (κ1) is 26.8. The van der Waals surface area contributed by atoms with Crippen LogP contribution in [0.1, 0.15) is 81.5 Å². The van der Waals surface area contributed by atoms with Crippen molar-refractivity contribution in [3.63, 3.8) is 0 Å². The molecule has 0 spiro atoms. The van der Waals surface area contributed by atoms with Crippen molar-refractivity contribution in [2.24, 2.45) is 23.7 Å². The van der Waals surface area contributed by atoms with Crippen LogP contribution in [0.15, 0.2) is 17.2 Å². The fourth-order valence-electron chi connectivity index (χ4n) is 7.73. The van der Waals surface area contributed by atoms with Gasteiger partial charge in [0.25, 0.3) is 5.91 Å². The van der Waals surface area contributed by atoms with Gasteiger partial charge in [0.2, 0.25) is 0 Å². The summed E-state index contributed by atoms with van der Waals surface area (Å²) in [6, 6.07) is 4.13. The molecule has 0 radical (unpaired) electrons. The second kappa shape index (κ2) is 11.1. The van der Waals surface area contributed by atoms with E-state index in [1.807, 2.05) is 24.1 Å². The van der Waals surface area contributed by atoms with Gasteiger partial charge in [0, 0.05) is 32.6 Å². The Kier molecular flexibility index (Phi) is 8.06. The van der Waals surface area contributed by atoms with Crippen molar-refractivity contribution < 1.29 is 19.4 Å². The van der Waals surface area contributed by atoms with E-state index in [1.165, 1.54) is 7.11 Å². The predicted octanol–water partition coefficient (Wildman–Crippen LogP) is 4.76. The van der Waals surface area contributed by atoms with E-state index in [0.717, 1.165) is 87.5 Å². The highest BCUT2D eigenvalue weighted by molar-refractivity contribution is 7.99. The fourth-order valence-corrected chi connectivity index (χ4v) is 8.60. The number of aliphatic hydroxyl groups is 1. The van der Waals surface area contributed by atoms with E-state index < -0.39 is 5.60 Å². The van der Waals surface area contributed by atoms with Crippen LogP contribution in [0, 0.1) is 23.7 Å². The lowest BCUT2D eigenvalue weighted by atomic mass is 9.75. The SMILES string of the molecule is CCCSc1nc(N2CCC[C@@H](CC(=O)OC)C2)ccc1C(=O)N(C)[C@@H]1CCC2C[C@@]3(O)CC2CC1C3. The Morgan fingerprint density at radius 1 is 1.19 bits per heavy atom. The minimum atomic E-state index is -0.508. The van der Waals surface area contributed by atoms with Crippen molar-refractivity contribution in [2.45, 2.75) is 87.8 Å². The summed E-state index contributed by atoms with van der Waals surface area (Å²) in [5, 5.41) is 11.9. The fraction of sp³-hybridized carbons (Fsp3) is 0.759. The minimum Gasteiger partial charge on any atom is -0.469 e. The van der Waals surface area contributed by atoms with E-state index in [-0.39, 0.29) is 23.8 Å². The number of amides is 1. The molecule has 0 aromatic carbocycles. The number of carbonyl (C=O) groups excluding carboxylic acids is 2. The predicted molar refractivity (Wildman–Crippen MR) is 146 cm³/mol. The Hall–Kier alpha value is -1.80. The lowest BCUT2D eigenvalue weighted by Crippen LogP contribution is -2.46. The number of anilines is 1. The number of hydrogen-bond acceptors (Lipinski definition) is 7. The first-order chi connectivity index (χ1) is 17.8. The van der Waals surface area contributed by atoms with Crippen molar-refractivity contribution in [1.82, 2.24) is 9.88 Å². The Balaban J connectivity index is 1.34. The van der Waals surface area contributed by atoms with E-state index in [4.69, 9.17) is 9.72 Å². The molecule has 1 N–H and O–H groups in total. The molecule has 3 unspecified atom stereocenters. The number of carbonyl (C=O) groups is 2. The van der Waals surface area contributed by atoms with Crippen LogP contribution in [0.3, 0.4) is 0 Å². The van der Waals surface area contributed by atoms with Crippen molar-refractivity contribution in [3.8, 4) is 0 Å². The van der Waals surface area contributed by atoms with Crippen molar-refractivity contribution >= 4 is 29.5 Å². The number of nitrogens with zero attached hydrogens (tertiary/aromatic N) is 3. The normalized spacial score (nSPS) is 32.8. The summed E-state index contributed by atoms with van der Waals surface area (Å²) >= 11 is 1.66. The van der Waals surface area contributed by atoms with Crippen LogP contribution >= 0.6 is 11.8 Å². The number of pyridine rings is 1. The zero-order valence-electron chi connectivity index (χ0n) is 22.7. The maximum atomic E-state index is 13.9. The Morgan fingerprint density at radius 2 is 1.97 bits per heavy atom. The molecule has 8 heteroatoms. The third-order valence-electron chi connectivity index (χ3n) is 9.44. The summed E-state index contributed by atoms with van der Waals surface area (Å²) in [7, 11) is 3.41. The van der Waals surface area contributed by atoms with Crippen molar-refractivity contribution in [3.05, 3.63) is 17.7 Å². The largest absolute Gasteiger partial charge is 0.469 e. The number of thioether (sulfide) groups is 1.